The van der Waals surface area contributed by atoms with Gasteiger partial charge in [-0.3, -0.25) is 14.4 Å². The number of hydrogen-bond acceptors (Lipinski definition) is 5. The summed E-state index contributed by atoms with van der Waals surface area (Å²) >= 11 is 0. The van der Waals surface area contributed by atoms with Crippen LogP contribution in [0.4, 0.5) is 11.4 Å². The molecule has 1 fully saturated rings. The first-order valence-electron chi connectivity index (χ1n) is 10.0. The predicted octanol–water partition coefficient (Wildman–Crippen LogP) is 3.32. The van der Waals surface area contributed by atoms with Crippen LogP contribution in [-0.2, 0) is 19.1 Å². The molecule has 0 unspecified atom stereocenters. The molecule has 158 valence electrons. The maximum atomic E-state index is 12.4. The Hall–Kier alpha value is -3.35. The third-order valence-electron chi connectivity index (χ3n) is 4.76. The van der Waals surface area contributed by atoms with E-state index in [1.54, 1.807) is 41.3 Å². The Kier molecular flexibility index (Phi) is 7.06. The maximum Gasteiger partial charge on any atom is 0.311 e. The lowest BCUT2D eigenvalue weighted by Crippen LogP contribution is -2.28. The molecule has 1 N–H and O–H groups in total. The van der Waals surface area contributed by atoms with Gasteiger partial charge < -0.3 is 19.7 Å². The van der Waals surface area contributed by atoms with Crippen molar-refractivity contribution in [3.63, 3.8) is 0 Å². The molecule has 30 heavy (non-hydrogen) atoms. The van der Waals surface area contributed by atoms with E-state index in [9.17, 15) is 14.4 Å². The zero-order chi connectivity index (χ0) is 21.5. The zero-order valence-corrected chi connectivity index (χ0v) is 17.2. The minimum absolute atomic E-state index is 0.0620. The highest BCUT2D eigenvalue weighted by Crippen LogP contribution is 2.27. The van der Waals surface area contributed by atoms with Gasteiger partial charge >= 0.3 is 5.97 Å². The monoisotopic (exact) mass is 410 g/mol. The maximum absolute atomic E-state index is 12.4. The summed E-state index contributed by atoms with van der Waals surface area (Å²) in [7, 11) is 0. The van der Waals surface area contributed by atoms with Crippen molar-refractivity contribution in [3.05, 3.63) is 54.1 Å². The van der Waals surface area contributed by atoms with E-state index in [1.807, 2.05) is 26.0 Å². The van der Waals surface area contributed by atoms with E-state index in [0.29, 0.717) is 18.0 Å². The van der Waals surface area contributed by atoms with Crippen molar-refractivity contribution < 1.29 is 23.9 Å². The normalized spacial score (nSPS) is 15.7. The molecular weight excluding hydrogens is 384 g/mol. The van der Waals surface area contributed by atoms with Crippen LogP contribution < -0.4 is 15.0 Å². The molecule has 1 saturated heterocycles. The number of hydrogen-bond donors (Lipinski definition) is 1. The molecular formula is C23H26N2O5. The SMILES string of the molecule is CCCOc1ccc(N2C[C@@H](C(=O)OCC(=O)Nc3ccc(C)cc3)CC2=O)cc1. The topological polar surface area (TPSA) is 84.9 Å². The molecule has 0 radical (unpaired) electrons. The summed E-state index contributed by atoms with van der Waals surface area (Å²) in [5.74, 6) is -0.976. The van der Waals surface area contributed by atoms with Crippen molar-refractivity contribution in [2.24, 2.45) is 5.92 Å². The van der Waals surface area contributed by atoms with E-state index in [4.69, 9.17) is 9.47 Å². The molecule has 3 rings (SSSR count). The lowest BCUT2D eigenvalue weighted by atomic mass is 10.1. The predicted molar refractivity (Wildman–Crippen MR) is 113 cm³/mol. The molecule has 1 heterocycles. The van der Waals surface area contributed by atoms with E-state index in [-0.39, 0.29) is 25.5 Å². The molecule has 2 amide bonds. The second-order valence-corrected chi connectivity index (χ2v) is 7.27. The molecule has 1 atom stereocenters. The Bertz CT molecular complexity index is 893. The molecule has 0 bridgehead atoms. The fourth-order valence-electron chi connectivity index (χ4n) is 3.15. The fraction of sp³-hybridized carbons (Fsp3) is 0.348. The van der Waals surface area contributed by atoms with Gasteiger partial charge in [-0.2, -0.15) is 0 Å². The van der Waals surface area contributed by atoms with E-state index in [1.165, 1.54) is 0 Å². The summed E-state index contributed by atoms with van der Waals surface area (Å²) in [5, 5.41) is 2.67. The molecule has 0 aromatic heterocycles. The van der Waals surface area contributed by atoms with E-state index in [2.05, 4.69) is 5.32 Å². The number of carbonyl (C=O) groups is 3. The van der Waals surface area contributed by atoms with Crippen LogP contribution >= 0.6 is 0 Å². The summed E-state index contributed by atoms with van der Waals surface area (Å²) in [6, 6.07) is 14.5. The Morgan fingerprint density at radius 2 is 1.80 bits per heavy atom. The lowest BCUT2D eigenvalue weighted by Gasteiger charge is -2.17. The van der Waals surface area contributed by atoms with Gasteiger partial charge in [-0.05, 0) is 49.7 Å². The number of amides is 2. The average Bonchev–Trinajstić information content (AvgIpc) is 3.14. The van der Waals surface area contributed by atoms with Gasteiger partial charge in [-0.15, -0.1) is 0 Å². The van der Waals surface area contributed by atoms with Crippen molar-refractivity contribution >= 4 is 29.2 Å². The highest BCUT2D eigenvalue weighted by molar-refractivity contribution is 6.00. The van der Waals surface area contributed by atoms with Gasteiger partial charge in [0, 0.05) is 24.3 Å². The van der Waals surface area contributed by atoms with Crippen molar-refractivity contribution in [2.45, 2.75) is 26.7 Å². The number of aryl methyl sites for hydroxylation is 1. The number of nitrogens with one attached hydrogen (secondary N) is 1. The number of carbonyl (C=O) groups excluding carboxylic acids is 3. The van der Waals surface area contributed by atoms with Crippen LogP contribution in [0.5, 0.6) is 5.75 Å². The number of anilines is 2. The van der Waals surface area contributed by atoms with E-state index >= 15 is 0 Å². The van der Waals surface area contributed by atoms with Gasteiger partial charge in [0.05, 0.1) is 12.5 Å². The minimum atomic E-state index is -0.597. The van der Waals surface area contributed by atoms with Crippen molar-refractivity contribution in [3.8, 4) is 5.75 Å². The smallest absolute Gasteiger partial charge is 0.311 e. The summed E-state index contributed by atoms with van der Waals surface area (Å²) in [4.78, 5) is 38.3. The number of nitrogens with zero attached hydrogens (tertiary/aromatic N) is 1. The molecule has 2 aromatic carbocycles. The highest BCUT2D eigenvalue weighted by Gasteiger charge is 2.36. The fourth-order valence-corrected chi connectivity index (χ4v) is 3.15. The highest BCUT2D eigenvalue weighted by atomic mass is 16.5. The van der Waals surface area contributed by atoms with Crippen LogP contribution in [0.2, 0.25) is 0 Å². The van der Waals surface area contributed by atoms with E-state index < -0.39 is 17.8 Å². The molecule has 0 saturated carbocycles. The van der Waals surface area contributed by atoms with Gasteiger partial charge in [0.2, 0.25) is 5.91 Å². The lowest BCUT2D eigenvalue weighted by molar-refractivity contribution is -0.151. The Balaban J connectivity index is 1.49. The zero-order valence-electron chi connectivity index (χ0n) is 17.2. The summed E-state index contributed by atoms with van der Waals surface area (Å²) in [6.45, 7) is 4.46. The Labute approximate surface area is 176 Å². The third-order valence-corrected chi connectivity index (χ3v) is 4.76. The van der Waals surface area contributed by atoms with Crippen LogP contribution in [0.1, 0.15) is 25.3 Å². The second-order valence-electron chi connectivity index (χ2n) is 7.27. The summed E-state index contributed by atoms with van der Waals surface area (Å²) < 4.78 is 10.7. The summed E-state index contributed by atoms with van der Waals surface area (Å²) in [6.07, 6.45) is 0.978. The quantitative estimate of drug-likeness (QED) is 0.675. The third kappa shape index (κ3) is 5.59. The largest absolute Gasteiger partial charge is 0.494 e. The number of esters is 1. The summed E-state index contributed by atoms with van der Waals surface area (Å²) in [5.41, 5.74) is 2.42. The van der Waals surface area contributed by atoms with Gasteiger partial charge in [0.15, 0.2) is 6.61 Å². The van der Waals surface area contributed by atoms with Crippen LogP contribution in [0.25, 0.3) is 0 Å². The van der Waals surface area contributed by atoms with Crippen LogP contribution in [-0.4, -0.2) is 37.5 Å². The van der Waals surface area contributed by atoms with Crippen molar-refractivity contribution in [1.29, 1.82) is 0 Å². The van der Waals surface area contributed by atoms with Crippen molar-refractivity contribution in [1.82, 2.24) is 0 Å². The first-order chi connectivity index (χ1) is 14.5. The van der Waals surface area contributed by atoms with Crippen molar-refractivity contribution in [2.75, 3.05) is 30.0 Å². The second kappa shape index (κ2) is 9.91. The Morgan fingerprint density at radius 1 is 1.10 bits per heavy atom. The van der Waals surface area contributed by atoms with Gasteiger partial charge in [0.1, 0.15) is 5.75 Å². The molecule has 0 spiro atoms. The number of benzene rings is 2. The molecule has 7 nitrogen and oxygen atoms in total. The molecule has 2 aromatic rings. The van der Waals surface area contributed by atoms with E-state index in [0.717, 1.165) is 17.7 Å². The standard InChI is InChI=1S/C23H26N2O5/c1-3-12-29-20-10-8-19(9-11-20)25-14-17(13-22(25)27)23(28)30-15-21(26)24-18-6-4-16(2)5-7-18/h4-11,17H,3,12-15H2,1-2H3,(H,24,26)/t17-/m0/s1. The molecule has 1 aliphatic heterocycles. The molecule has 1 aliphatic rings. The van der Waals surface area contributed by atoms with Crippen LogP contribution in [0, 0.1) is 12.8 Å². The Morgan fingerprint density at radius 3 is 2.47 bits per heavy atom. The number of ether oxygens (including phenoxy) is 2. The van der Waals surface area contributed by atoms with Crippen LogP contribution in [0.3, 0.4) is 0 Å². The van der Waals surface area contributed by atoms with Gasteiger partial charge in [-0.1, -0.05) is 24.6 Å². The van der Waals surface area contributed by atoms with Crippen LogP contribution in [0.15, 0.2) is 48.5 Å². The average molecular weight is 410 g/mol. The molecule has 0 aliphatic carbocycles. The van der Waals surface area contributed by atoms with Gasteiger partial charge in [-0.25, -0.2) is 0 Å². The first kappa shape index (κ1) is 21.4. The number of rotatable bonds is 8. The first-order valence-corrected chi connectivity index (χ1v) is 10.0. The molecule has 7 heteroatoms. The van der Waals surface area contributed by atoms with Gasteiger partial charge in [0.25, 0.3) is 5.91 Å². The minimum Gasteiger partial charge on any atom is -0.494 e.